The van der Waals surface area contributed by atoms with Gasteiger partial charge in [0.15, 0.2) is 11.6 Å². The molecule has 1 unspecified atom stereocenters. The highest BCUT2D eigenvalue weighted by molar-refractivity contribution is 7.14. The SMILES string of the molecule is Cc1nnn(C)c1-c1cnc2c3snc(C(C)(C)O)c3n(C(c3cccc(F)c3F)C3CCOCC3)c2c1. The largest absolute Gasteiger partial charge is 0.384 e. The molecule has 4 aromatic heterocycles. The van der Waals surface area contributed by atoms with Crippen molar-refractivity contribution in [3.05, 3.63) is 59.0 Å². The van der Waals surface area contributed by atoms with E-state index < -0.39 is 23.3 Å². The molecular formula is C27H28F2N6O2S. The fourth-order valence-corrected chi connectivity index (χ4v) is 6.67. The second-order valence-electron chi connectivity index (χ2n) is 10.4. The number of halogens is 2. The van der Waals surface area contributed by atoms with Gasteiger partial charge in [-0.3, -0.25) is 4.98 Å². The molecule has 0 saturated carbocycles. The van der Waals surface area contributed by atoms with Gasteiger partial charge in [-0.15, -0.1) is 5.10 Å². The molecule has 0 spiro atoms. The number of nitrogens with zero attached hydrogens (tertiary/aromatic N) is 6. The van der Waals surface area contributed by atoms with Crippen LogP contribution in [0.5, 0.6) is 0 Å². The summed E-state index contributed by atoms with van der Waals surface area (Å²) in [5.74, 6) is -1.81. The fourth-order valence-electron chi connectivity index (χ4n) is 5.66. The van der Waals surface area contributed by atoms with Crippen LogP contribution in [0.1, 0.15) is 49.7 Å². The molecule has 1 atom stereocenters. The van der Waals surface area contributed by atoms with Gasteiger partial charge in [0, 0.05) is 37.6 Å². The van der Waals surface area contributed by atoms with E-state index in [-0.39, 0.29) is 11.5 Å². The molecule has 1 saturated heterocycles. The summed E-state index contributed by atoms with van der Waals surface area (Å²) in [6, 6.07) is 5.75. The lowest BCUT2D eigenvalue weighted by atomic mass is 9.86. The summed E-state index contributed by atoms with van der Waals surface area (Å²) in [7, 11) is 1.82. The first kappa shape index (κ1) is 25.0. The monoisotopic (exact) mass is 538 g/mol. The van der Waals surface area contributed by atoms with Crippen LogP contribution in [0.15, 0.2) is 30.5 Å². The number of aliphatic hydroxyl groups is 1. The molecule has 0 bridgehead atoms. The number of hydrogen-bond donors (Lipinski definition) is 1. The van der Waals surface area contributed by atoms with Gasteiger partial charge in [0.25, 0.3) is 0 Å². The van der Waals surface area contributed by atoms with E-state index in [1.807, 2.05) is 24.6 Å². The molecule has 0 radical (unpaired) electrons. The van der Waals surface area contributed by atoms with E-state index in [1.54, 1.807) is 36.9 Å². The van der Waals surface area contributed by atoms with Gasteiger partial charge in [-0.05, 0) is 63.2 Å². The quantitative estimate of drug-likeness (QED) is 0.328. The van der Waals surface area contributed by atoms with Crippen molar-refractivity contribution in [3.8, 4) is 11.3 Å². The highest BCUT2D eigenvalue weighted by Gasteiger charge is 2.36. The third kappa shape index (κ3) is 3.91. The van der Waals surface area contributed by atoms with Gasteiger partial charge < -0.3 is 14.4 Å². The van der Waals surface area contributed by atoms with Crippen LogP contribution < -0.4 is 0 Å². The first-order valence-corrected chi connectivity index (χ1v) is 13.3. The van der Waals surface area contributed by atoms with Gasteiger partial charge in [-0.1, -0.05) is 17.3 Å². The van der Waals surface area contributed by atoms with Crippen LogP contribution in [-0.4, -0.2) is 47.2 Å². The lowest BCUT2D eigenvalue weighted by Gasteiger charge is -2.33. The third-order valence-corrected chi connectivity index (χ3v) is 8.23. The van der Waals surface area contributed by atoms with Crippen LogP contribution in [0.25, 0.3) is 32.5 Å². The minimum Gasteiger partial charge on any atom is -0.384 e. The van der Waals surface area contributed by atoms with Crippen molar-refractivity contribution in [2.24, 2.45) is 13.0 Å². The number of aryl methyl sites for hydroxylation is 2. The zero-order valence-corrected chi connectivity index (χ0v) is 22.4. The number of fused-ring (bicyclic) bond motifs is 3. The van der Waals surface area contributed by atoms with Crippen molar-refractivity contribution in [2.75, 3.05) is 13.2 Å². The Morgan fingerprint density at radius 2 is 1.97 bits per heavy atom. The highest BCUT2D eigenvalue weighted by atomic mass is 32.1. The summed E-state index contributed by atoms with van der Waals surface area (Å²) < 4.78 is 44.9. The normalized spacial score (nSPS) is 16.1. The van der Waals surface area contributed by atoms with Gasteiger partial charge in [0.1, 0.15) is 16.8 Å². The molecule has 6 rings (SSSR count). The van der Waals surface area contributed by atoms with E-state index >= 15 is 4.39 Å². The van der Waals surface area contributed by atoms with Crippen LogP contribution in [0.3, 0.4) is 0 Å². The third-order valence-electron chi connectivity index (χ3n) is 7.39. The molecule has 5 aromatic rings. The molecule has 8 nitrogen and oxygen atoms in total. The summed E-state index contributed by atoms with van der Waals surface area (Å²) >= 11 is 1.25. The number of pyridine rings is 1. The Balaban J connectivity index is 1.73. The van der Waals surface area contributed by atoms with Crippen LogP contribution >= 0.6 is 11.5 Å². The average Bonchev–Trinajstić information content (AvgIpc) is 3.55. The van der Waals surface area contributed by atoms with Gasteiger partial charge in [-0.2, -0.15) is 4.37 Å². The van der Waals surface area contributed by atoms with Crippen LogP contribution in [0.2, 0.25) is 0 Å². The summed E-state index contributed by atoms with van der Waals surface area (Å²) in [6.45, 7) is 6.31. The molecule has 0 aliphatic carbocycles. The Labute approximate surface area is 222 Å². The molecule has 1 aromatic carbocycles. The van der Waals surface area contributed by atoms with Crippen molar-refractivity contribution >= 4 is 32.8 Å². The molecule has 1 aliphatic heterocycles. The van der Waals surface area contributed by atoms with Crippen LogP contribution in [0, 0.1) is 24.5 Å². The van der Waals surface area contributed by atoms with Gasteiger partial charge in [0.2, 0.25) is 0 Å². The molecule has 1 fully saturated rings. The van der Waals surface area contributed by atoms with Gasteiger partial charge >= 0.3 is 0 Å². The summed E-state index contributed by atoms with van der Waals surface area (Å²) in [6.07, 6.45) is 3.12. The molecule has 0 amide bonds. The second-order valence-corrected chi connectivity index (χ2v) is 11.2. The Morgan fingerprint density at radius 3 is 2.66 bits per heavy atom. The Bertz CT molecular complexity index is 1640. The molecule has 1 N–H and O–H groups in total. The number of ether oxygens (including phenoxy) is 1. The second kappa shape index (κ2) is 9.18. The predicted molar refractivity (Wildman–Crippen MR) is 141 cm³/mol. The van der Waals surface area contributed by atoms with Crippen LogP contribution in [-0.2, 0) is 17.4 Å². The first-order valence-electron chi connectivity index (χ1n) is 12.6. The van der Waals surface area contributed by atoms with E-state index in [0.717, 1.165) is 33.2 Å². The van der Waals surface area contributed by atoms with Crippen molar-refractivity contribution < 1.29 is 18.6 Å². The zero-order chi connectivity index (χ0) is 26.8. The average molecular weight is 539 g/mol. The van der Waals surface area contributed by atoms with Gasteiger partial charge in [-0.25, -0.2) is 13.5 Å². The molecule has 198 valence electrons. The summed E-state index contributed by atoms with van der Waals surface area (Å²) in [5, 5.41) is 19.4. The first-order chi connectivity index (χ1) is 18.2. The Hall–Kier alpha value is -3.28. The number of rotatable bonds is 5. The highest BCUT2D eigenvalue weighted by Crippen LogP contribution is 2.45. The summed E-state index contributed by atoms with van der Waals surface area (Å²) in [5.41, 5.74) is 3.96. The van der Waals surface area contributed by atoms with E-state index in [9.17, 15) is 9.50 Å². The Morgan fingerprint density at radius 1 is 1.21 bits per heavy atom. The Kier molecular flexibility index (Phi) is 6.04. The van der Waals surface area contributed by atoms with Crippen LogP contribution in [0.4, 0.5) is 8.78 Å². The molecule has 1 aliphatic rings. The molecular weight excluding hydrogens is 510 g/mol. The van der Waals surface area contributed by atoms with Crippen molar-refractivity contribution in [1.82, 2.24) is 28.9 Å². The van der Waals surface area contributed by atoms with E-state index in [2.05, 4.69) is 14.7 Å². The number of hydrogen-bond acceptors (Lipinski definition) is 7. The minimum absolute atomic E-state index is 0.0443. The molecule has 38 heavy (non-hydrogen) atoms. The van der Waals surface area contributed by atoms with E-state index in [4.69, 9.17) is 9.72 Å². The maximum atomic E-state index is 15.6. The summed E-state index contributed by atoms with van der Waals surface area (Å²) in [4.78, 5) is 4.83. The predicted octanol–water partition coefficient (Wildman–Crippen LogP) is 5.27. The zero-order valence-electron chi connectivity index (χ0n) is 21.6. The van der Waals surface area contributed by atoms with Crippen molar-refractivity contribution in [3.63, 3.8) is 0 Å². The standard InChI is InChI=1S/C27H28F2N6O2S/c1-14-22(34(4)33-31-14)16-12-19-21(30-13-16)25-24(26(32-38-25)27(2,3)36)35(19)23(15-8-10-37-11-9-15)17-6-5-7-18(28)20(17)29/h5-7,12-13,15,23,36H,8-11H2,1-4H3. The molecule has 5 heterocycles. The maximum absolute atomic E-state index is 15.6. The lowest BCUT2D eigenvalue weighted by Crippen LogP contribution is -2.28. The smallest absolute Gasteiger partial charge is 0.164 e. The minimum atomic E-state index is -1.27. The van der Waals surface area contributed by atoms with Crippen molar-refractivity contribution in [1.29, 1.82) is 0 Å². The lowest BCUT2D eigenvalue weighted by molar-refractivity contribution is 0.0543. The number of benzene rings is 1. The number of aromatic nitrogens is 6. The van der Waals surface area contributed by atoms with E-state index in [0.29, 0.717) is 42.8 Å². The van der Waals surface area contributed by atoms with Gasteiger partial charge in [0.05, 0.1) is 33.2 Å². The topological polar surface area (TPSA) is 90.9 Å². The van der Waals surface area contributed by atoms with Crippen molar-refractivity contribution in [2.45, 2.75) is 45.3 Å². The maximum Gasteiger partial charge on any atom is 0.164 e. The van der Waals surface area contributed by atoms with E-state index in [1.165, 1.54) is 11.5 Å². The molecule has 11 heteroatoms. The fraction of sp³-hybridized carbons (Fsp3) is 0.407.